The Hall–Kier alpha value is -2.65. The normalized spacial score (nSPS) is 10.5. The van der Waals surface area contributed by atoms with Crippen molar-refractivity contribution in [3.05, 3.63) is 59.5 Å². The standard InChI is InChI=1S/C17H16N4O3S2/c1-21(15(22)10-25-17-20-19-11-26-17)14-7-3-2-6-13(14)16(23)18-9-12-5-4-8-24-12/h2-8,11H,9-10H2,1H3,(H,18,23). The molecular formula is C17H16N4O3S2. The molecule has 2 amide bonds. The summed E-state index contributed by atoms with van der Waals surface area (Å²) in [6.45, 7) is 0.282. The molecule has 0 aliphatic heterocycles. The van der Waals surface area contributed by atoms with Gasteiger partial charge >= 0.3 is 0 Å². The van der Waals surface area contributed by atoms with Crippen LogP contribution in [0.4, 0.5) is 5.69 Å². The molecule has 7 nitrogen and oxygen atoms in total. The molecule has 0 aliphatic rings. The lowest BCUT2D eigenvalue weighted by molar-refractivity contribution is -0.115. The number of benzene rings is 1. The van der Waals surface area contributed by atoms with Gasteiger partial charge in [-0.05, 0) is 24.3 Å². The minimum Gasteiger partial charge on any atom is -0.467 e. The van der Waals surface area contributed by atoms with E-state index in [9.17, 15) is 9.59 Å². The molecule has 1 N–H and O–H groups in total. The van der Waals surface area contributed by atoms with Crippen molar-refractivity contribution in [1.82, 2.24) is 15.5 Å². The Labute approximate surface area is 158 Å². The number of hydrogen-bond acceptors (Lipinski definition) is 7. The van der Waals surface area contributed by atoms with Gasteiger partial charge in [0.05, 0.1) is 29.8 Å². The third-order valence-corrected chi connectivity index (χ3v) is 5.39. The zero-order chi connectivity index (χ0) is 18.4. The van der Waals surface area contributed by atoms with E-state index in [4.69, 9.17) is 4.42 Å². The first-order valence-electron chi connectivity index (χ1n) is 7.70. The molecule has 2 aromatic heterocycles. The first-order valence-corrected chi connectivity index (χ1v) is 9.57. The summed E-state index contributed by atoms with van der Waals surface area (Å²) >= 11 is 2.70. The van der Waals surface area contributed by atoms with Crippen molar-refractivity contribution in [2.45, 2.75) is 10.9 Å². The van der Waals surface area contributed by atoms with E-state index in [1.807, 2.05) is 0 Å². The average molecular weight is 388 g/mol. The maximum absolute atomic E-state index is 12.5. The molecule has 3 aromatic rings. The van der Waals surface area contributed by atoms with E-state index in [1.54, 1.807) is 55.2 Å². The Bertz CT molecular complexity index is 866. The lowest BCUT2D eigenvalue weighted by Gasteiger charge is -2.20. The van der Waals surface area contributed by atoms with Gasteiger partial charge in [-0.3, -0.25) is 9.59 Å². The second-order valence-electron chi connectivity index (χ2n) is 5.23. The molecule has 0 bridgehead atoms. The molecule has 1 aromatic carbocycles. The number of furan rings is 1. The van der Waals surface area contributed by atoms with Crippen molar-refractivity contribution in [2.24, 2.45) is 0 Å². The quantitative estimate of drug-likeness (QED) is 0.626. The summed E-state index contributed by atoms with van der Waals surface area (Å²) < 4.78 is 5.94. The Kier molecular flexibility index (Phi) is 6.03. The van der Waals surface area contributed by atoms with Crippen molar-refractivity contribution in [3.63, 3.8) is 0 Å². The molecule has 0 saturated heterocycles. The Morgan fingerprint density at radius 3 is 2.85 bits per heavy atom. The maximum Gasteiger partial charge on any atom is 0.253 e. The summed E-state index contributed by atoms with van der Waals surface area (Å²) in [7, 11) is 1.65. The van der Waals surface area contributed by atoms with E-state index >= 15 is 0 Å². The van der Waals surface area contributed by atoms with Crippen LogP contribution in [0.15, 0.2) is 56.9 Å². The number of para-hydroxylation sites is 1. The summed E-state index contributed by atoms with van der Waals surface area (Å²) in [6, 6.07) is 10.5. The van der Waals surface area contributed by atoms with E-state index < -0.39 is 0 Å². The molecule has 0 atom stereocenters. The topological polar surface area (TPSA) is 88.3 Å². The lowest BCUT2D eigenvalue weighted by atomic mass is 10.1. The van der Waals surface area contributed by atoms with Gasteiger partial charge in [-0.15, -0.1) is 10.2 Å². The van der Waals surface area contributed by atoms with Crippen LogP contribution in [-0.4, -0.2) is 34.8 Å². The zero-order valence-electron chi connectivity index (χ0n) is 13.9. The minimum absolute atomic E-state index is 0.128. The van der Waals surface area contributed by atoms with Crippen LogP contribution in [0.5, 0.6) is 0 Å². The molecule has 0 saturated carbocycles. The van der Waals surface area contributed by atoms with E-state index in [1.165, 1.54) is 28.0 Å². The van der Waals surface area contributed by atoms with Crippen LogP contribution >= 0.6 is 23.1 Å². The summed E-state index contributed by atoms with van der Waals surface area (Å²) in [5.74, 6) is 0.479. The smallest absolute Gasteiger partial charge is 0.253 e. The molecule has 0 aliphatic carbocycles. The SMILES string of the molecule is CN(C(=O)CSc1nncs1)c1ccccc1C(=O)NCc1ccco1. The number of thioether (sulfide) groups is 1. The average Bonchev–Trinajstić information content (AvgIpc) is 3.37. The second kappa shape index (κ2) is 8.63. The predicted molar refractivity (Wildman–Crippen MR) is 100 cm³/mol. The van der Waals surface area contributed by atoms with Gasteiger partial charge in [0.25, 0.3) is 5.91 Å². The van der Waals surface area contributed by atoms with Crippen molar-refractivity contribution in [3.8, 4) is 0 Å². The van der Waals surface area contributed by atoms with E-state index in [0.29, 0.717) is 17.0 Å². The minimum atomic E-state index is -0.270. The predicted octanol–water partition coefficient (Wildman–Crippen LogP) is 2.82. The lowest BCUT2D eigenvalue weighted by Crippen LogP contribution is -2.31. The number of amides is 2. The van der Waals surface area contributed by atoms with Crippen LogP contribution in [0.1, 0.15) is 16.1 Å². The van der Waals surface area contributed by atoms with Gasteiger partial charge in [0.2, 0.25) is 5.91 Å². The van der Waals surface area contributed by atoms with Crippen molar-refractivity contribution >= 4 is 40.6 Å². The van der Waals surface area contributed by atoms with E-state index in [-0.39, 0.29) is 24.1 Å². The highest BCUT2D eigenvalue weighted by Gasteiger charge is 2.19. The van der Waals surface area contributed by atoms with Crippen LogP contribution < -0.4 is 10.2 Å². The monoisotopic (exact) mass is 388 g/mol. The maximum atomic E-state index is 12.5. The zero-order valence-corrected chi connectivity index (χ0v) is 15.5. The summed E-state index contributed by atoms with van der Waals surface area (Å²) in [5, 5.41) is 10.4. The Balaban J connectivity index is 1.66. The third kappa shape index (κ3) is 4.50. The van der Waals surface area contributed by atoms with Crippen molar-refractivity contribution in [2.75, 3.05) is 17.7 Å². The highest BCUT2D eigenvalue weighted by atomic mass is 32.2. The third-order valence-electron chi connectivity index (χ3n) is 3.55. The molecular weight excluding hydrogens is 372 g/mol. The van der Waals surface area contributed by atoms with Gasteiger partial charge in [-0.25, -0.2) is 0 Å². The van der Waals surface area contributed by atoms with Crippen LogP contribution in [0.2, 0.25) is 0 Å². The number of nitrogens with one attached hydrogen (secondary N) is 1. The van der Waals surface area contributed by atoms with Gasteiger partial charge in [-0.2, -0.15) is 0 Å². The van der Waals surface area contributed by atoms with E-state index in [2.05, 4.69) is 15.5 Å². The molecule has 0 spiro atoms. The summed E-state index contributed by atoms with van der Waals surface area (Å²) in [4.78, 5) is 26.5. The Morgan fingerprint density at radius 2 is 2.12 bits per heavy atom. The van der Waals surface area contributed by atoms with Crippen LogP contribution in [-0.2, 0) is 11.3 Å². The molecule has 26 heavy (non-hydrogen) atoms. The number of hydrogen-bond donors (Lipinski definition) is 1. The molecule has 0 unspecified atom stereocenters. The number of anilines is 1. The van der Waals surface area contributed by atoms with Gasteiger partial charge in [0.15, 0.2) is 4.34 Å². The molecule has 0 fully saturated rings. The van der Waals surface area contributed by atoms with Gasteiger partial charge in [-0.1, -0.05) is 35.2 Å². The Morgan fingerprint density at radius 1 is 1.27 bits per heavy atom. The number of carbonyl (C=O) groups is 2. The van der Waals surface area contributed by atoms with Crippen LogP contribution in [0, 0.1) is 0 Å². The molecule has 134 valence electrons. The fourth-order valence-electron chi connectivity index (χ4n) is 2.21. The molecule has 0 radical (unpaired) electrons. The number of aromatic nitrogens is 2. The van der Waals surface area contributed by atoms with Crippen molar-refractivity contribution < 1.29 is 14.0 Å². The first kappa shape index (κ1) is 18.2. The number of rotatable bonds is 7. The second-order valence-corrected chi connectivity index (χ2v) is 7.28. The number of nitrogens with zero attached hydrogens (tertiary/aromatic N) is 3. The van der Waals surface area contributed by atoms with E-state index in [0.717, 1.165) is 4.34 Å². The summed E-state index contributed by atoms with van der Waals surface area (Å²) in [5.41, 5.74) is 2.60. The van der Waals surface area contributed by atoms with Gasteiger partial charge < -0.3 is 14.6 Å². The highest BCUT2D eigenvalue weighted by Crippen LogP contribution is 2.23. The van der Waals surface area contributed by atoms with Crippen LogP contribution in [0.25, 0.3) is 0 Å². The summed E-state index contributed by atoms with van der Waals surface area (Å²) in [6.07, 6.45) is 1.55. The fraction of sp³-hybridized carbons (Fsp3) is 0.176. The largest absolute Gasteiger partial charge is 0.467 e. The molecule has 3 rings (SSSR count). The first-order chi connectivity index (χ1) is 12.6. The van der Waals surface area contributed by atoms with Gasteiger partial charge in [0, 0.05) is 7.05 Å². The van der Waals surface area contributed by atoms with Gasteiger partial charge in [0.1, 0.15) is 11.3 Å². The highest BCUT2D eigenvalue weighted by molar-refractivity contribution is 8.01. The number of carbonyl (C=O) groups excluding carboxylic acids is 2. The molecule has 2 heterocycles. The van der Waals surface area contributed by atoms with Crippen LogP contribution in [0.3, 0.4) is 0 Å². The fourth-order valence-corrected chi connectivity index (χ4v) is 3.62. The van der Waals surface area contributed by atoms with Crippen molar-refractivity contribution in [1.29, 1.82) is 0 Å². The molecule has 9 heteroatoms.